The van der Waals surface area contributed by atoms with Gasteiger partial charge in [-0.25, -0.2) is 0 Å². The van der Waals surface area contributed by atoms with Gasteiger partial charge in [0.05, 0.1) is 11.3 Å². The number of nitrogens with one attached hydrogen (secondary N) is 1. The zero-order valence-corrected chi connectivity index (χ0v) is 11.3. The van der Waals surface area contributed by atoms with Gasteiger partial charge in [0.1, 0.15) is 6.07 Å². The zero-order valence-electron chi connectivity index (χ0n) is 9.70. The number of fused-ring (bicyclic) bond motifs is 3. The number of likely N-dealkylation sites (N-methyl/N-ethyl adjacent to an activating group) is 1. The minimum atomic E-state index is 0.522. The van der Waals surface area contributed by atoms with E-state index in [9.17, 15) is 5.26 Å². The molecule has 0 unspecified atom stereocenters. The van der Waals surface area contributed by atoms with E-state index in [0.717, 1.165) is 35.2 Å². The Morgan fingerprint density at radius 3 is 3.12 bits per heavy atom. The molecule has 2 aliphatic heterocycles. The van der Waals surface area contributed by atoms with E-state index in [1.54, 1.807) is 0 Å². The van der Waals surface area contributed by atoms with Crippen molar-refractivity contribution in [3.63, 3.8) is 0 Å². The Morgan fingerprint density at radius 2 is 2.35 bits per heavy atom. The third-order valence-electron chi connectivity index (χ3n) is 3.92. The van der Waals surface area contributed by atoms with Crippen molar-refractivity contribution < 1.29 is 0 Å². The van der Waals surface area contributed by atoms with Crippen LogP contribution in [0, 0.1) is 11.3 Å². The first-order valence-corrected chi connectivity index (χ1v) is 6.68. The van der Waals surface area contributed by atoms with Crippen LogP contribution >= 0.6 is 15.9 Å². The van der Waals surface area contributed by atoms with Crippen molar-refractivity contribution >= 4 is 21.6 Å². The summed E-state index contributed by atoms with van der Waals surface area (Å²) >= 11 is 3.50. The molecule has 0 saturated carbocycles. The third kappa shape index (κ3) is 1.57. The molecule has 1 N–H and O–H groups in total. The van der Waals surface area contributed by atoms with Crippen LogP contribution in [0.4, 0.5) is 5.69 Å². The molecule has 0 bridgehead atoms. The summed E-state index contributed by atoms with van der Waals surface area (Å²) in [7, 11) is 2.11. The summed E-state index contributed by atoms with van der Waals surface area (Å²) in [6, 6.07) is 6.95. The molecule has 0 spiro atoms. The van der Waals surface area contributed by atoms with Crippen molar-refractivity contribution in [3.8, 4) is 6.07 Å². The predicted octanol–water partition coefficient (Wildman–Crippen LogP) is 2.22. The molecule has 3 nitrogen and oxygen atoms in total. The molecule has 2 atom stereocenters. The minimum Gasteiger partial charge on any atom is -0.370 e. The highest BCUT2D eigenvalue weighted by Crippen LogP contribution is 2.45. The lowest BCUT2D eigenvalue weighted by Crippen LogP contribution is -2.42. The number of nitriles is 1. The van der Waals surface area contributed by atoms with Gasteiger partial charge >= 0.3 is 0 Å². The molecule has 0 radical (unpaired) electrons. The smallest absolute Gasteiger partial charge is 0.101 e. The van der Waals surface area contributed by atoms with Crippen LogP contribution in [0.15, 0.2) is 16.6 Å². The van der Waals surface area contributed by atoms with Crippen LogP contribution < -0.4 is 10.2 Å². The largest absolute Gasteiger partial charge is 0.370 e. The summed E-state index contributed by atoms with van der Waals surface area (Å²) in [6.45, 7) is 2.09. The predicted molar refractivity (Wildman–Crippen MR) is 71.3 cm³/mol. The highest BCUT2D eigenvalue weighted by Gasteiger charge is 2.39. The Balaban J connectivity index is 2.17. The van der Waals surface area contributed by atoms with Crippen molar-refractivity contribution in [2.45, 2.75) is 18.4 Å². The van der Waals surface area contributed by atoms with Crippen LogP contribution in [-0.2, 0) is 0 Å². The summed E-state index contributed by atoms with van der Waals surface area (Å²) in [5.74, 6) is 0.522. The number of rotatable bonds is 0. The standard InChI is InChI=1S/C13H14BrN3/c1-17-12-2-3-16-7-11(12)10-5-9(14)4-8(6-15)13(10)17/h4-5,11-12,16H,2-3,7H2,1H3/t11-,12-/m1/s1. The molecule has 2 heterocycles. The first-order valence-electron chi connectivity index (χ1n) is 5.89. The number of benzene rings is 1. The monoisotopic (exact) mass is 291 g/mol. The topological polar surface area (TPSA) is 39.1 Å². The van der Waals surface area contributed by atoms with Gasteiger partial charge in [-0.2, -0.15) is 5.26 Å². The summed E-state index contributed by atoms with van der Waals surface area (Å²) in [6.07, 6.45) is 1.15. The van der Waals surface area contributed by atoms with Gasteiger partial charge < -0.3 is 10.2 Å². The Labute approximate surface area is 110 Å². The van der Waals surface area contributed by atoms with Crippen LogP contribution in [0.5, 0.6) is 0 Å². The van der Waals surface area contributed by atoms with Gasteiger partial charge in [0, 0.05) is 30.0 Å². The van der Waals surface area contributed by atoms with Gasteiger partial charge in [0.25, 0.3) is 0 Å². The summed E-state index contributed by atoms with van der Waals surface area (Å²) in [5, 5.41) is 12.7. The second kappa shape index (κ2) is 4.01. The molecule has 3 rings (SSSR count). The Bertz CT molecular complexity index is 506. The van der Waals surface area contributed by atoms with E-state index >= 15 is 0 Å². The Kier molecular flexibility index (Phi) is 2.61. The fourth-order valence-electron chi connectivity index (χ4n) is 3.17. The number of piperidine rings is 1. The molecule has 0 amide bonds. The van der Waals surface area contributed by atoms with Crippen LogP contribution in [-0.4, -0.2) is 26.2 Å². The lowest BCUT2D eigenvalue weighted by atomic mass is 9.90. The van der Waals surface area contributed by atoms with E-state index in [1.807, 2.05) is 6.07 Å². The van der Waals surface area contributed by atoms with Gasteiger partial charge in [-0.15, -0.1) is 0 Å². The van der Waals surface area contributed by atoms with Crippen LogP contribution in [0.1, 0.15) is 23.5 Å². The molecule has 1 aromatic rings. The van der Waals surface area contributed by atoms with Crippen molar-refractivity contribution in [3.05, 3.63) is 27.7 Å². The van der Waals surface area contributed by atoms with Crippen molar-refractivity contribution in [1.82, 2.24) is 5.32 Å². The molecule has 1 saturated heterocycles. The van der Waals surface area contributed by atoms with Gasteiger partial charge in [0.15, 0.2) is 0 Å². The summed E-state index contributed by atoms with van der Waals surface area (Å²) < 4.78 is 1.01. The van der Waals surface area contributed by atoms with Crippen LogP contribution in [0.25, 0.3) is 0 Å². The molecular formula is C13H14BrN3. The highest BCUT2D eigenvalue weighted by molar-refractivity contribution is 9.10. The second-order valence-electron chi connectivity index (χ2n) is 4.78. The van der Waals surface area contributed by atoms with Crippen molar-refractivity contribution in [2.75, 3.05) is 25.0 Å². The number of halogens is 1. The van der Waals surface area contributed by atoms with Crippen LogP contribution in [0.3, 0.4) is 0 Å². The molecule has 0 aromatic heterocycles. The fourth-order valence-corrected chi connectivity index (χ4v) is 3.65. The van der Waals surface area contributed by atoms with Gasteiger partial charge in [-0.1, -0.05) is 15.9 Å². The first kappa shape index (κ1) is 11.1. The number of hydrogen-bond acceptors (Lipinski definition) is 3. The highest BCUT2D eigenvalue weighted by atomic mass is 79.9. The fraction of sp³-hybridized carbons (Fsp3) is 0.462. The van der Waals surface area contributed by atoms with E-state index in [-0.39, 0.29) is 0 Å². The number of nitrogens with zero attached hydrogens (tertiary/aromatic N) is 2. The maximum absolute atomic E-state index is 9.26. The van der Waals surface area contributed by atoms with Crippen LogP contribution in [0.2, 0.25) is 0 Å². The number of anilines is 1. The average molecular weight is 292 g/mol. The quantitative estimate of drug-likeness (QED) is 0.797. The molecule has 1 fully saturated rings. The second-order valence-corrected chi connectivity index (χ2v) is 5.70. The average Bonchev–Trinajstić information content (AvgIpc) is 2.63. The SMILES string of the molecule is CN1c2c(C#N)cc(Br)cc2[C@H]2CNCC[C@H]21. The minimum absolute atomic E-state index is 0.522. The van der Waals surface area contributed by atoms with Gasteiger partial charge in [-0.05, 0) is 30.7 Å². The van der Waals surface area contributed by atoms with E-state index in [0.29, 0.717) is 12.0 Å². The molecule has 17 heavy (non-hydrogen) atoms. The molecular weight excluding hydrogens is 278 g/mol. The Hall–Kier alpha value is -1.05. The van der Waals surface area contributed by atoms with E-state index < -0.39 is 0 Å². The maximum Gasteiger partial charge on any atom is 0.101 e. The molecule has 4 heteroatoms. The normalized spacial score (nSPS) is 26.3. The molecule has 88 valence electrons. The zero-order chi connectivity index (χ0) is 12.0. The van der Waals surface area contributed by atoms with Gasteiger partial charge in [-0.3, -0.25) is 0 Å². The van der Waals surface area contributed by atoms with E-state index in [1.165, 1.54) is 5.56 Å². The lowest BCUT2D eigenvalue weighted by molar-refractivity contribution is 0.413. The first-order chi connectivity index (χ1) is 8.22. The third-order valence-corrected chi connectivity index (χ3v) is 4.38. The van der Waals surface area contributed by atoms with Gasteiger partial charge in [0.2, 0.25) is 0 Å². The Morgan fingerprint density at radius 1 is 1.53 bits per heavy atom. The van der Waals surface area contributed by atoms with E-state index in [4.69, 9.17) is 0 Å². The summed E-state index contributed by atoms with van der Waals surface area (Å²) in [5.41, 5.74) is 3.23. The lowest BCUT2D eigenvalue weighted by Gasteiger charge is -2.31. The van der Waals surface area contributed by atoms with Crippen molar-refractivity contribution in [1.29, 1.82) is 5.26 Å². The molecule has 0 aliphatic carbocycles. The van der Waals surface area contributed by atoms with E-state index in [2.05, 4.69) is 45.3 Å². The number of hydrogen-bond donors (Lipinski definition) is 1. The molecule has 2 aliphatic rings. The molecule has 1 aromatic carbocycles. The van der Waals surface area contributed by atoms with Crippen molar-refractivity contribution in [2.24, 2.45) is 0 Å². The summed E-state index contributed by atoms with van der Waals surface area (Å²) in [4.78, 5) is 2.30. The maximum atomic E-state index is 9.26.